The summed E-state index contributed by atoms with van der Waals surface area (Å²) in [6, 6.07) is 15.7. The topological polar surface area (TPSA) is 49.8 Å². The summed E-state index contributed by atoms with van der Waals surface area (Å²) in [5, 5.41) is 15.7. The quantitative estimate of drug-likeness (QED) is 0.334. The van der Waals surface area contributed by atoms with Crippen molar-refractivity contribution in [1.29, 1.82) is 0 Å². The van der Waals surface area contributed by atoms with E-state index in [2.05, 4.69) is 18.7 Å². The van der Waals surface area contributed by atoms with E-state index in [1.807, 2.05) is 66.2 Å². The molecule has 0 aromatic carbocycles. The van der Waals surface area contributed by atoms with Gasteiger partial charge in [-0.25, -0.2) is 0 Å². The molecule has 4 rings (SSSR count). The molecule has 0 bridgehead atoms. The van der Waals surface area contributed by atoms with E-state index in [1.165, 1.54) is 22.7 Å². The van der Waals surface area contributed by atoms with Gasteiger partial charge in [-0.1, -0.05) is 26.0 Å². The lowest BCUT2D eigenvalue weighted by molar-refractivity contribution is 0.101. The highest BCUT2D eigenvalue weighted by atomic mass is 32.1. The van der Waals surface area contributed by atoms with Gasteiger partial charge in [0.15, 0.2) is 5.60 Å². The molecule has 0 aliphatic heterocycles. The van der Waals surface area contributed by atoms with Crippen LogP contribution < -0.4 is 0 Å². The Kier molecular flexibility index (Phi) is 6.29. The summed E-state index contributed by atoms with van der Waals surface area (Å²) < 4.78 is 12.0. The minimum atomic E-state index is -1.26. The molecule has 0 aliphatic rings. The number of hydrogen-bond acceptors (Lipinski definition) is 6. The molecule has 158 valence electrons. The summed E-state index contributed by atoms with van der Waals surface area (Å²) in [5.41, 5.74) is -1.26. The molecule has 4 aromatic rings. The SMILES string of the molecule is Cc1ccc(CN(Cc2ccc(C(O)(c3cccs3)c3cccs3)o2)CC(C)C)o1. The van der Waals surface area contributed by atoms with Gasteiger partial charge in [-0.2, -0.15) is 0 Å². The van der Waals surface area contributed by atoms with Crippen molar-refractivity contribution in [3.8, 4) is 0 Å². The van der Waals surface area contributed by atoms with Crippen molar-refractivity contribution in [2.45, 2.75) is 39.5 Å². The Labute approximate surface area is 185 Å². The van der Waals surface area contributed by atoms with Crippen LogP contribution in [0.3, 0.4) is 0 Å². The van der Waals surface area contributed by atoms with Gasteiger partial charge >= 0.3 is 0 Å². The van der Waals surface area contributed by atoms with Crippen LogP contribution >= 0.6 is 22.7 Å². The van der Waals surface area contributed by atoms with Crippen LogP contribution in [-0.4, -0.2) is 16.6 Å². The zero-order chi connectivity index (χ0) is 21.1. The molecule has 4 heterocycles. The maximum atomic E-state index is 11.7. The van der Waals surface area contributed by atoms with E-state index in [-0.39, 0.29) is 0 Å². The van der Waals surface area contributed by atoms with Gasteiger partial charge in [-0.15, -0.1) is 22.7 Å². The second-order valence-corrected chi connectivity index (χ2v) is 9.90. The van der Waals surface area contributed by atoms with Gasteiger partial charge in [-0.3, -0.25) is 4.90 Å². The molecule has 1 N–H and O–H groups in total. The summed E-state index contributed by atoms with van der Waals surface area (Å²) in [6.45, 7) is 8.69. The molecular formula is C24H27NO3S2. The van der Waals surface area contributed by atoms with E-state index in [4.69, 9.17) is 8.83 Å². The van der Waals surface area contributed by atoms with Gasteiger partial charge in [0.2, 0.25) is 0 Å². The molecule has 0 unspecified atom stereocenters. The number of aliphatic hydroxyl groups is 1. The third-order valence-electron chi connectivity index (χ3n) is 4.95. The Bertz CT molecular complexity index is 1010. The number of nitrogens with zero attached hydrogens (tertiary/aromatic N) is 1. The fraction of sp³-hybridized carbons (Fsp3) is 0.333. The molecule has 0 radical (unpaired) electrons. The third kappa shape index (κ3) is 4.47. The first-order chi connectivity index (χ1) is 14.4. The molecule has 0 fully saturated rings. The molecule has 4 aromatic heterocycles. The molecule has 0 amide bonds. The first-order valence-corrected chi connectivity index (χ1v) is 11.9. The summed E-state index contributed by atoms with van der Waals surface area (Å²) in [5.74, 6) is 3.78. The molecule has 0 atom stereocenters. The van der Waals surface area contributed by atoms with Crippen molar-refractivity contribution in [3.05, 3.63) is 92.1 Å². The number of aryl methyl sites for hydroxylation is 1. The minimum Gasteiger partial charge on any atom is -0.465 e. The van der Waals surface area contributed by atoms with E-state index >= 15 is 0 Å². The molecular weight excluding hydrogens is 414 g/mol. The standard InChI is InChI=1S/C24H27NO3S2/c1-17(2)14-25(15-19-9-8-18(3)27-19)16-20-10-11-21(28-20)24(26,22-6-4-12-29-22)23-7-5-13-30-23/h4-13,17,26H,14-16H2,1-3H3. The number of rotatable bonds is 9. The van der Waals surface area contributed by atoms with Crippen molar-refractivity contribution < 1.29 is 13.9 Å². The predicted molar refractivity (Wildman–Crippen MR) is 122 cm³/mol. The van der Waals surface area contributed by atoms with Gasteiger partial charge < -0.3 is 13.9 Å². The van der Waals surface area contributed by atoms with Crippen LogP contribution in [-0.2, 0) is 18.7 Å². The minimum absolute atomic E-state index is 0.518. The van der Waals surface area contributed by atoms with Gasteiger partial charge in [-0.05, 0) is 60.0 Å². The molecule has 6 heteroatoms. The predicted octanol–water partition coefficient (Wildman–Crippen LogP) is 6.25. The van der Waals surface area contributed by atoms with Crippen LogP contribution in [0.5, 0.6) is 0 Å². The third-order valence-corrected chi connectivity index (χ3v) is 6.91. The molecule has 0 aliphatic carbocycles. The molecule has 30 heavy (non-hydrogen) atoms. The van der Waals surface area contributed by atoms with Crippen LogP contribution in [0.15, 0.2) is 68.1 Å². The molecule has 0 spiro atoms. The Hall–Kier alpha value is -2.12. The van der Waals surface area contributed by atoms with Crippen LogP contribution in [0.1, 0.15) is 46.6 Å². The molecule has 0 saturated heterocycles. The number of furan rings is 2. The highest BCUT2D eigenvalue weighted by Gasteiger charge is 2.39. The first kappa shape index (κ1) is 21.1. The largest absolute Gasteiger partial charge is 0.465 e. The Balaban J connectivity index is 1.59. The fourth-order valence-corrected chi connectivity index (χ4v) is 5.45. The monoisotopic (exact) mass is 441 g/mol. The van der Waals surface area contributed by atoms with Gasteiger partial charge in [0, 0.05) is 16.3 Å². The van der Waals surface area contributed by atoms with E-state index < -0.39 is 5.60 Å². The number of thiophene rings is 2. The van der Waals surface area contributed by atoms with Crippen molar-refractivity contribution in [2.75, 3.05) is 6.54 Å². The zero-order valence-corrected chi connectivity index (χ0v) is 19.1. The molecule has 0 saturated carbocycles. The highest BCUT2D eigenvalue weighted by Crippen LogP contribution is 2.41. The smallest absolute Gasteiger partial charge is 0.191 e. The lowest BCUT2D eigenvalue weighted by Crippen LogP contribution is -2.27. The maximum absolute atomic E-state index is 11.7. The summed E-state index contributed by atoms with van der Waals surface area (Å²) >= 11 is 3.06. The van der Waals surface area contributed by atoms with E-state index in [0.717, 1.165) is 40.1 Å². The Morgan fingerprint density at radius 2 is 1.50 bits per heavy atom. The van der Waals surface area contributed by atoms with Crippen molar-refractivity contribution in [2.24, 2.45) is 5.92 Å². The second-order valence-electron chi connectivity index (χ2n) is 8.01. The van der Waals surface area contributed by atoms with Gasteiger partial charge in [0.1, 0.15) is 23.0 Å². The second kappa shape index (κ2) is 8.94. The Morgan fingerprint density at radius 3 is 2.00 bits per heavy atom. The number of hydrogen-bond donors (Lipinski definition) is 1. The van der Waals surface area contributed by atoms with E-state index in [1.54, 1.807) is 0 Å². The lowest BCUT2D eigenvalue weighted by atomic mass is 9.97. The molecule has 4 nitrogen and oxygen atoms in total. The zero-order valence-electron chi connectivity index (χ0n) is 17.5. The van der Waals surface area contributed by atoms with E-state index in [9.17, 15) is 5.11 Å². The van der Waals surface area contributed by atoms with Crippen LogP contribution in [0.4, 0.5) is 0 Å². The Morgan fingerprint density at radius 1 is 0.900 bits per heavy atom. The van der Waals surface area contributed by atoms with Crippen LogP contribution in [0.25, 0.3) is 0 Å². The maximum Gasteiger partial charge on any atom is 0.191 e. The summed E-state index contributed by atoms with van der Waals surface area (Å²) in [4.78, 5) is 4.04. The van der Waals surface area contributed by atoms with Gasteiger partial charge in [0.05, 0.1) is 13.1 Å². The average Bonchev–Trinajstić information content (AvgIpc) is 3.49. The summed E-state index contributed by atoms with van der Waals surface area (Å²) in [7, 11) is 0. The normalized spacial score (nSPS) is 12.3. The summed E-state index contributed by atoms with van der Waals surface area (Å²) in [6.07, 6.45) is 0. The van der Waals surface area contributed by atoms with Crippen molar-refractivity contribution in [3.63, 3.8) is 0 Å². The average molecular weight is 442 g/mol. The van der Waals surface area contributed by atoms with Crippen LogP contribution in [0.2, 0.25) is 0 Å². The van der Waals surface area contributed by atoms with Gasteiger partial charge in [0.25, 0.3) is 0 Å². The van der Waals surface area contributed by atoms with Crippen molar-refractivity contribution in [1.82, 2.24) is 4.90 Å². The van der Waals surface area contributed by atoms with Crippen molar-refractivity contribution >= 4 is 22.7 Å². The lowest BCUT2D eigenvalue weighted by Gasteiger charge is -2.24. The van der Waals surface area contributed by atoms with E-state index in [0.29, 0.717) is 18.2 Å². The van der Waals surface area contributed by atoms with Crippen LogP contribution in [0, 0.1) is 12.8 Å². The first-order valence-electron chi connectivity index (χ1n) is 10.1. The highest BCUT2D eigenvalue weighted by molar-refractivity contribution is 7.11. The fourth-order valence-electron chi connectivity index (χ4n) is 3.70.